The molecule has 0 radical (unpaired) electrons. The van der Waals surface area contributed by atoms with Crippen LogP contribution in [-0.4, -0.2) is 31.4 Å². The predicted molar refractivity (Wildman–Crippen MR) is 113 cm³/mol. The molecule has 8 heteroatoms. The van der Waals surface area contributed by atoms with Crippen LogP contribution in [-0.2, 0) is 4.79 Å². The van der Waals surface area contributed by atoms with Crippen LogP contribution in [0.3, 0.4) is 0 Å². The molecule has 0 bridgehead atoms. The molecule has 0 fully saturated rings. The lowest BCUT2D eigenvalue weighted by atomic mass is 9.94. The molecule has 0 aliphatic rings. The maximum Gasteiger partial charge on any atom is 0.224 e. The van der Waals surface area contributed by atoms with E-state index < -0.39 is 29.6 Å². The number of nitrogens with one attached hydrogen (secondary N) is 1. The quantitative estimate of drug-likeness (QED) is 0.696. The van der Waals surface area contributed by atoms with Crippen molar-refractivity contribution in [2.24, 2.45) is 11.7 Å². The van der Waals surface area contributed by atoms with Gasteiger partial charge in [-0.1, -0.05) is 43.3 Å². The molecule has 0 heterocycles. The highest BCUT2D eigenvalue weighted by atomic mass is 35.5. The van der Waals surface area contributed by atoms with Gasteiger partial charge in [-0.2, -0.15) is 0 Å². The van der Waals surface area contributed by atoms with Crippen molar-refractivity contribution >= 4 is 30.7 Å². The van der Waals surface area contributed by atoms with Gasteiger partial charge >= 0.3 is 0 Å². The van der Waals surface area contributed by atoms with E-state index in [4.69, 9.17) is 5.73 Å². The van der Waals surface area contributed by atoms with Crippen LogP contribution in [0, 0.1) is 17.6 Å². The number of hydrogen-bond donors (Lipinski definition) is 2. The molecular weight excluding hydrogens is 407 g/mol. The predicted octanol–water partition coefficient (Wildman–Crippen LogP) is 3.86. The zero-order chi connectivity index (χ0) is 19.3. The maximum atomic E-state index is 14.1. The Morgan fingerprint density at radius 3 is 2.07 bits per heavy atom. The zero-order valence-electron chi connectivity index (χ0n) is 16.1. The Balaban J connectivity index is 0.00000364. The minimum Gasteiger partial charge on any atom is -0.354 e. The van der Waals surface area contributed by atoms with Crippen molar-refractivity contribution < 1.29 is 13.6 Å². The van der Waals surface area contributed by atoms with Gasteiger partial charge in [0.05, 0.1) is 12.0 Å². The highest BCUT2D eigenvalue weighted by Gasteiger charge is 2.26. The molecular formula is C20H27Cl2F2N3O. The van der Waals surface area contributed by atoms with E-state index in [0.29, 0.717) is 0 Å². The number of carbonyl (C=O) groups excluding carboxylic acids is 1. The Kier molecular flexibility index (Phi) is 11.2. The van der Waals surface area contributed by atoms with Crippen molar-refractivity contribution in [3.05, 3.63) is 71.3 Å². The van der Waals surface area contributed by atoms with Gasteiger partial charge in [-0.05, 0) is 31.8 Å². The van der Waals surface area contributed by atoms with Crippen LogP contribution < -0.4 is 11.1 Å². The van der Waals surface area contributed by atoms with E-state index in [1.807, 2.05) is 30.3 Å². The van der Waals surface area contributed by atoms with Crippen molar-refractivity contribution in [2.45, 2.75) is 19.0 Å². The number of likely N-dealkylation sites (N-methyl/N-ethyl adjacent to an activating group) is 1. The number of amides is 1. The molecule has 3 unspecified atom stereocenters. The number of hydrogen-bond acceptors (Lipinski definition) is 3. The molecule has 0 aromatic heterocycles. The molecule has 28 heavy (non-hydrogen) atoms. The summed E-state index contributed by atoms with van der Waals surface area (Å²) in [5.74, 6) is -2.01. The third kappa shape index (κ3) is 6.41. The maximum absolute atomic E-state index is 14.1. The fourth-order valence-electron chi connectivity index (χ4n) is 2.86. The standard InChI is InChI=1S/C20H25F2N3O.2ClH/c1-13(19(23)14-8-5-4-6-9-14)20(26)24-12-17(25(2)3)18-15(21)10-7-11-16(18)22;;/h4-11,13,17,19H,12,23H2,1-3H3,(H,24,26);2*1H. The first kappa shape index (κ1) is 26.3. The number of nitrogens with two attached hydrogens (primary N) is 1. The van der Waals surface area contributed by atoms with Crippen LogP contribution in [0.4, 0.5) is 8.78 Å². The van der Waals surface area contributed by atoms with Crippen LogP contribution in [0.5, 0.6) is 0 Å². The molecule has 3 N–H and O–H groups in total. The van der Waals surface area contributed by atoms with Gasteiger partial charge in [0.25, 0.3) is 0 Å². The molecule has 0 aliphatic carbocycles. The van der Waals surface area contributed by atoms with E-state index in [1.54, 1.807) is 25.9 Å². The second kappa shape index (κ2) is 12.0. The Bertz CT molecular complexity index is 727. The van der Waals surface area contributed by atoms with Crippen molar-refractivity contribution in [3.8, 4) is 0 Å². The number of nitrogens with zero attached hydrogens (tertiary/aromatic N) is 1. The molecule has 156 valence electrons. The van der Waals surface area contributed by atoms with Gasteiger partial charge in [-0.3, -0.25) is 4.79 Å². The Labute approximate surface area is 177 Å². The molecule has 1 amide bonds. The molecule has 2 aromatic carbocycles. The number of halogens is 4. The van der Waals surface area contributed by atoms with E-state index in [2.05, 4.69) is 5.32 Å². The van der Waals surface area contributed by atoms with Crippen molar-refractivity contribution in [2.75, 3.05) is 20.6 Å². The third-order valence-corrected chi connectivity index (χ3v) is 4.56. The molecule has 4 nitrogen and oxygen atoms in total. The SMILES string of the molecule is CC(C(=O)NCC(c1c(F)cccc1F)N(C)C)C(N)c1ccccc1.Cl.Cl. The molecule has 0 spiro atoms. The van der Waals surface area contributed by atoms with E-state index in [0.717, 1.165) is 5.56 Å². The average molecular weight is 434 g/mol. The monoisotopic (exact) mass is 433 g/mol. The minimum absolute atomic E-state index is 0. The lowest BCUT2D eigenvalue weighted by Gasteiger charge is -2.27. The second-order valence-corrected chi connectivity index (χ2v) is 6.59. The van der Waals surface area contributed by atoms with Gasteiger partial charge in [0.15, 0.2) is 0 Å². The fourth-order valence-corrected chi connectivity index (χ4v) is 2.86. The lowest BCUT2D eigenvalue weighted by molar-refractivity contribution is -0.125. The Morgan fingerprint density at radius 2 is 1.57 bits per heavy atom. The molecule has 0 aliphatic heterocycles. The fraction of sp³-hybridized carbons (Fsp3) is 0.350. The van der Waals surface area contributed by atoms with Crippen LogP contribution >= 0.6 is 24.8 Å². The number of benzene rings is 2. The summed E-state index contributed by atoms with van der Waals surface area (Å²) in [5.41, 5.74) is 6.98. The van der Waals surface area contributed by atoms with E-state index in [-0.39, 0.29) is 42.8 Å². The van der Waals surface area contributed by atoms with Crippen LogP contribution in [0.2, 0.25) is 0 Å². The van der Waals surface area contributed by atoms with Gasteiger partial charge in [0.2, 0.25) is 5.91 Å². The summed E-state index contributed by atoms with van der Waals surface area (Å²) in [5, 5.41) is 2.77. The molecule has 2 aromatic rings. The average Bonchev–Trinajstić information content (AvgIpc) is 2.63. The van der Waals surface area contributed by atoms with Crippen LogP contribution in [0.15, 0.2) is 48.5 Å². The normalized spacial score (nSPS) is 13.7. The largest absolute Gasteiger partial charge is 0.354 e. The summed E-state index contributed by atoms with van der Waals surface area (Å²) in [6.07, 6.45) is 0. The Morgan fingerprint density at radius 1 is 1.04 bits per heavy atom. The van der Waals surface area contributed by atoms with Crippen LogP contribution in [0.25, 0.3) is 0 Å². The minimum atomic E-state index is -0.632. The highest BCUT2D eigenvalue weighted by molar-refractivity contribution is 5.85. The molecule has 0 saturated carbocycles. The Hall–Kier alpha value is -1.73. The van der Waals surface area contributed by atoms with Gasteiger partial charge in [-0.25, -0.2) is 8.78 Å². The lowest BCUT2D eigenvalue weighted by Crippen LogP contribution is -2.40. The van der Waals surface area contributed by atoms with Crippen molar-refractivity contribution in [1.29, 1.82) is 0 Å². The number of carbonyl (C=O) groups is 1. The third-order valence-electron chi connectivity index (χ3n) is 4.56. The summed E-state index contributed by atoms with van der Waals surface area (Å²) in [6.45, 7) is 1.82. The summed E-state index contributed by atoms with van der Waals surface area (Å²) in [7, 11) is 3.42. The van der Waals surface area contributed by atoms with E-state index >= 15 is 0 Å². The topological polar surface area (TPSA) is 58.4 Å². The van der Waals surface area contributed by atoms with E-state index in [9.17, 15) is 13.6 Å². The van der Waals surface area contributed by atoms with Crippen molar-refractivity contribution in [3.63, 3.8) is 0 Å². The number of rotatable bonds is 7. The van der Waals surface area contributed by atoms with E-state index in [1.165, 1.54) is 18.2 Å². The first-order chi connectivity index (χ1) is 12.3. The van der Waals surface area contributed by atoms with Crippen molar-refractivity contribution in [1.82, 2.24) is 10.2 Å². The summed E-state index contributed by atoms with van der Waals surface area (Å²) in [4.78, 5) is 14.2. The summed E-state index contributed by atoms with van der Waals surface area (Å²) >= 11 is 0. The highest BCUT2D eigenvalue weighted by Crippen LogP contribution is 2.24. The second-order valence-electron chi connectivity index (χ2n) is 6.59. The van der Waals surface area contributed by atoms with Gasteiger partial charge in [-0.15, -0.1) is 24.8 Å². The first-order valence-electron chi connectivity index (χ1n) is 8.51. The summed E-state index contributed by atoms with van der Waals surface area (Å²) < 4.78 is 28.2. The first-order valence-corrected chi connectivity index (χ1v) is 8.51. The summed E-state index contributed by atoms with van der Waals surface area (Å²) in [6, 6.07) is 12.0. The van der Waals surface area contributed by atoms with Gasteiger partial charge in [0.1, 0.15) is 11.6 Å². The van der Waals surface area contributed by atoms with Gasteiger partial charge < -0.3 is 16.0 Å². The smallest absolute Gasteiger partial charge is 0.224 e. The molecule has 0 saturated heterocycles. The van der Waals surface area contributed by atoms with Crippen LogP contribution in [0.1, 0.15) is 30.1 Å². The van der Waals surface area contributed by atoms with Gasteiger partial charge in [0, 0.05) is 18.2 Å². The molecule has 3 atom stereocenters. The molecule has 2 rings (SSSR count). The zero-order valence-corrected chi connectivity index (χ0v) is 17.7.